The van der Waals surface area contributed by atoms with Crippen LogP contribution in [0.1, 0.15) is 23.2 Å². The molecule has 1 saturated heterocycles. The molecule has 1 amide bonds. The van der Waals surface area contributed by atoms with E-state index in [-0.39, 0.29) is 17.5 Å². The third-order valence-electron chi connectivity index (χ3n) is 4.61. The van der Waals surface area contributed by atoms with Gasteiger partial charge in [-0.15, -0.1) is 0 Å². The first-order valence-corrected chi connectivity index (χ1v) is 8.51. The van der Waals surface area contributed by atoms with Crippen LogP contribution in [0.2, 0.25) is 0 Å². The molecule has 8 heteroatoms. The summed E-state index contributed by atoms with van der Waals surface area (Å²) >= 11 is 0. The van der Waals surface area contributed by atoms with Gasteiger partial charge in [0, 0.05) is 36.8 Å². The monoisotopic (exact) mass is 350 g/mol. The summed E-state index contributed by atoms with van der Waals surface area (Å²) in [5, 5.41) is 11.0. The van der Waals surface area contributed by atoms with E-state index in [1.54, 1.807) is 29.6 Å². The maximum absolute atomic E-state index is 12.6. The highest BCUT2D eigenvalue weighted by molar-refractivity contribution is 5.94. The Hall–Kier alpha value is -3.29. The number of hydrogen-bond donors (Lipinski definition) is 1. The zero-order chi connectivity index (χ0) is 17.9. The zero-order valence-corrected chi connectivity index (χ0v) is 14.1. The molecule has 0 radical (unpaired) electrons. The molecule has 1 aliphatic rings. The van der Waals surface area contributed by atoms with Crippen LogP contribution in [0.15, 0.2) is 53.8 Å². The van der Waals surface area contributed by atoms with Crippen molar-refractivity contribution in [3.05, 3.63) is 65.0 Å². The van der Waals surface area contributed by atoms with Crippen LogP contribution in [0.3, 0.4) is 0 Å². The van der Waals surface area contributed by atoms with E-state index in [4.69, 9.17) is 0 Å². The van der Waals surface area contributed by atoms with E-state index in [1.165, 1.54) is 16.9 Å². The van der Waals surface area contributed by atoms with Crippen molar-refractivity contribution in [3.8, 4) is 11.3 Å². The molecule has 4 rings (SSSR count). The molecule has 0 saturated carbocycles. The molecule has 1 aliphatic heterocycles. The van der Waals surface area contributed by atoms with Crippen molar-refractivity contribution in [2.24, 2.45) is 0 Å². The summed E-state index contributed by atoms with van der Waals surface area (Å²) in [6, 6.07) is 6.86. The van der Waals surface area contributed by atoms with Gasteiger partial charge in [0.05, 0.1) is 30.0 Å². The topological polar surface area (TPSA) is 96.8 Å². The van der Waals surface area contributed by atoms with Crippen LogP contribution in [0.5, 0.6) is 0 Å². The third-order valence-corrected chi connectivity index (χ3v) is 4.61. The fourth-order valence-electron chi connectivity index (χ4n) is 3.28. The molecule has 0 spiro atoms. The van der Waals surface area contributed by atoms with Gasteiger partial charge >= 0.3 is 0 Å². The lowest BCUT2D eigenvalue weighted by molar-refractivity contribution is 0.0720. The Balaban J connectivity index is 1.58. The minimum atomic E-state index is -0.176. The average molecular weight is 350 g/mol. The van der Waals surface area contributed by atoms with Crippen molar-refractivity contribution in [3.63, 3.8) is 0 Å². The van der Waals surface area contributed by atoms with E-state index in [9.17, 15) is 9.59 Å². The lowest BCUT2D eigenvalue weighted by Gasteiger charge is -2.24. The molecule has 4 heterocycles. The molecule has 8 nitrogen and oxygen atoms in total. The molecule has 0 aliphatic carbocycles. The van der Waals surface area contributed by atoms with Gasteiger partial charge in [0.25, 0.3) is 11.5 Å². The SMILES string of the molecule is O=C(c1cn[nH]c1)N1CCCC1Cn1nc(-c2ccncc2)ccc1=O. The first-order chi connectivity index (χ1) is 12.7. The number of likely N-dealkylation sites (tertiary alicyclic amines) is 1. The van der Waals surface area contributed by atoms with E-state index in [2.05, 4.69) is 20.3 Å². The highest BCUT2D eigenvalue weighted by atomic mass is 16.2. The third kappa shape index (κ3) is 3.13. The number of aromatic nitrogens is 5. The smallest absolute Gasteiger partial charge is 0.266 e. The van der Waals surface area contributed by atoms with Gasteiger partial charge in [-0.3, -0.25) is 19.7 Å². The fourth-order valence-corrected chi connectivity index (χ4v) is 3.28. The van der Waals surface area contributed by atoms with Gasteiger partial charge in [-0.25, -0.2) is 4.68 Å². The van der Waals surface area contributed by atoms with E-state index in [0.29, 0.717) is 24.3 Å². The number of carbonyl (C=O) groups is 1. The maximum Gasteiger partial charge on any atom is 0.266 e. The number of nitrogens with zero attached hydrogens (tertiary/aromatic N) is 5. The van der Waals surface area contributed by atoms with Gasteiger partial charge in [0.15, 0.2) is 0 Å². The normalized spacial score (nSPS) is 16.8. The van der Waals surface area contributed by atoms with Gasteiger partial charge in [-0.05, 0) is 31.0 Å². The Labute approximate surface area is 149 Å². The molecule has 0 aromatic carbocycles. The first-order valence-electron chi connectivity index (χ1n) is 8.51. The summed E-state index contributed by atoms with van der Waals surface area (Å²) in [4.78, 5) is 30.7. The Kier molecular flexibility index (Phi) is 4.30. The maximum atomic E-state index is 12.6. The molecule has 132 valence electrons. The van der Waals surface area contributed by atoms with Gasteiger partial charge in [0.1, 0.15) is 0 Å². The van der Waals surface area contributed by atoms with E-state index in [0.717, 1.165) is 18.4 Å². The lowest BCUT2D eigenvalue weighted by Crippen LogP contribution is -2.40. The van der Waals surface area contributed by atoms with Crippen LogP contribution < -0.4 is 5.56 Å². The lowest BCUT2D eigenvalue weighted by atomic mass is 10.2. The van der Waals surface area contributed by atoms with Crippen molar-refractivity contribution in [1.82, 2.24) is 29.9 Å². The second-order valence-electron chi connectivity index (χ2n) is 6.26. The molecule has 1 atom stereocenters. The highest BCUT2D eigenvalue weighted by Gasteiger charge is 2.30. The number of H-pyrrole nitrogens is 1. The molecule has 3 aromatic rings. The van der Waals surface area contributed by atoms with Crippen molar-refractivity contribution >= 4 is 5.91 Å². The van der Waals surface area contributed by atoms with Crippen LogP contribution in [-0.4, -0.2) is 48.4 Å². The van der Waals surface area contributed by atoms with Crippen LogP contribution in [0.25, 0.3) is 11.3 Å². The minimum Gasteiger partial charge on any atom is -0.334 e. The number of aromatic amines is 1. The van der Waals surface area contributed by atoms with Crippen molar-refractivity contribution in [2.75, 3.05) is 6.54 Å². The second-order valence-corrected chi connectivity index (χ2v) is 6.26. The summed E-state index contributed by atoms with van der Waals surface area (Å²) in [6.07, 6.45) is 8.24. The van der Waals surface area contributed by atoms with Gasteiger partial charge in [-0.1, -0.05) is 0 Å². The number of carbonyl (C=O) groups excluding carboxylic acids is 1. The summed E-state index contributed by atoms with van der Waals surface area (Å²) in [5.74, 6) is -0.0698. The predicted octanol–water partition coefficient (Wildman–Crippen LogP) is 1.33. The van der Waals surface area contributed by atoms with Crippen LogP contribution in [0.4, 0.5) is 0 Å². The minimum absolute atomic E-state index is 0.0599. The first kappa shape index (κ1) is 16.2. The largest absolute Gasteiger partial charge is 0.334 e. The number of amides is 1. The molecular formula is C18H18N6O2. The fraction of sp³-hybridized carbons (Fsp3) is 0.278. The standard InChI is InChI=1S/C18H18N6O2/c25-17-4-3-16(13-5-7-19-8-6-13)22-24(17)12-15-2-1-9-23(15)18(26)14-10-20-21-11-14/h3-8,10-11,15H,1-2,9,12H2,(H,20,21). The molecule has 1 fully saturated rings. The summed E-state index contributed by atoms with van der Waals surface area (Å²) < 4.78 is 1.45. The molecule has 1 unspecified atom stereocenters. The summed E-state index contributed by atoms with van der Waals surface area (Å²) in [7, 11) is 0. The molecular weight excluding hydrogens is 332 g/mol. The summed E-state index contributed by atoms with van der Waals surface area (Å²) in [5.41, 5.74) is 1.96. The quantitative estimate of drug-likeness (QED) is 0.766. The second kappa shape index (κ2) is 6.91. The number of nitrogens with one attached hydrogen (secondary N) is 1. The number of pyridine rings is 1. The number of rotatable bonds is 4. The van der Waals surface area contributed by atoms with Crippen molar-refractivity contribution in [2.45, 2.75) is 25.4 Å². The predicted molar refractivity (Wildman–Crippen MR) is 94.4 cm³/mol. The van der Waals surface area contributed by atoms with E-state index >= 15 is 0 Å². The van der Waals surface area contributed by atoms with Crippen molar-refractivity contribution < 1.29 is 4.79 Å². The Morgan fingerprint density at radius 1 is 1.23 bits per heavy atom. The van der Waals surface area contributed by atoms with Gasteiger partial charge in [-0.2, -0.15) is 10.2 Å². The van der Waals surface area contributed by atoms with E-state index < -0.39 is 0 Å². The number of hydrogen-bond acceptors (Lipinski definition) is 5. The molecule has 26 heavy (non-hydrogen) atoms. The van der Waals surface area contributed by atoms with Crippen molar-refractivity contribution in [1.29, 1.82) is 0 Å². The van der Waals surface area contributed by atoms with E-state index in [1.807, 2.05) is 12.1 Å². The average Bonchev–Trinajstić information content (AvgIpc) is 3.36. The molecule has 3 aromatic heterocycles. The Bertz CT molecular complexity index is 951. The Morgan fingerprint density at radius 3 is 2.85 bits per heavy atom. The molecule has 0 bridgehead atoms. The van der Waals surface area contributed by atoms with Crippen LogP contribution in [0, 0.1) is 0 Å². The van der Waals surface area contributed by atoms with Gasteiger partial charge < -0.3 is 4.90 Å². The summed E-state index contributed by atoms with van der Waals surface area (Å²) in [6.45, 7) is 1.05. The highest BCUT2D eigenvalue weighted by Crippen LogP contribution is 2.21. The molecule has 1 N–H and O–H groups in total. The Morgan fingerprint density at radius 2 is 2.08 bits per heavy atom. The van der Waals surface area contributed by atoms with Gasteiger partial charge in [0.2, 0.25) is 0 Å². The van der Waals surface area contributed by atoms with Crippen LogP contribution >= 0.6 is 0 Å². The van der Waals surface area contributed by atoms with Crippen LogP contribution in [-0.2, 0) is 6.54 Å². The zero-order valence-electron chi connectivity index (χ0n) is 14.1.